The fourth-order valence-electron chi connectivity index (χ4n) is 2.29. The molecule has 2 unspecified atom stereocenters. The van der Waals surface area contributed by atoms with Crippen LogP contribution in [0.1, 0.15) is 47.1 Å². The van der Waals surface area contributed by atoms with E-state index < -0.39 is 48.6 Å². The standard InChI is InChI=1S/C13H15F3O2.C6H11F3O.C2H6/c1-9(2)11(13(14,15)16)12(17)18-8-10-6-4-3-5-7-10;1-4(2)5(3-10)6(7,8)9;1-2/h3-7,9,11H,8H2,1-2H3;4-5,10H,3H2,1-2H3;1-2H3. The summed E-state index contributed by atoms with van der Waals surface area (Å²) >= 11 is 0. The molecule has 0 heterocycles. The minimum Gasteiger partial charge on any atom is -0.460 e. The molecule has 2 atom stereocenters. The van der Waals surface area contributed by atoms with Crippen LogP contribution >= 0.6 is 0 Å². The minimum atomic E-state index is -4.57. The maximum atomic E-state index is 12.6. The Kier molecular flexibility index (Phi) is 14.5. The van der Waals surface area contributed by atoms with Gasteiger partial charge in [-0.25, -0.2) is 0 Å². The van der Waals surface area contributed by atoms with Crippen LogP contribution in [0.4, 0.5) is 26.3 Å². The first kappa shape index (κ1) is 30.4. The molecule has 176 valence electrons. The third kappa shape index (κ3) is 12.0. The topological polar surface area (TPSA) is 46.5 Å². The molecule has 30 heavy (non-hydrogen) atoms. The summed E-state index contributed by atoms with van der Waals surface area (Å²) in [6.07, 6.45) is -8.83. The monoisotopic (exact) mass is 446 g/mol. The average molecular weight is 446 g/mol. The number of hydrogen-bond acceptors (Lipinski definition) is 3. The largest absolute Gasteiger partial charge is 0.460 e. The van der Waals surface area contributed by atoms with Crippen molar-refractivity contribution in [3.05, 3.63) is 35.9 Å². The van der Waals surface area contributed by atoms with E-state index in [0.717, 1.165) is 0 Å². The van der Waals surface area contributed by atoms with Crippen molar-refractivity contribution in [2.45, 2.75) is 60.5 Å². The summed E-state index contributed by atoms with van der Waals surface area (Å²) in [6, 6.07) is 8.61. The molecule has 9 heteroatoms. The van der Waals surface area contributed by atoms with Crippen molar-refractivity contribution in [2.75, 3.05) is 6.61 Å². The first-order valence-electron chi connectivity index (χ1n) is 9.66. The third-order valence-corrected chi connectivity index (χ3v) is 3.92. The summed E-state index contributed by atoms with van der Waals surface area (Å²) in [5.74, 6) is -6.26. The van der Waals surface area contributed by atoms with Gasteiger partial charge >= 0.3 is 18.3 Å². The number of hydrogen-bond donors (Lipinski definition) is 1. The molecule has 3 nitrogen and oxygen atoms in total. The van der Waals surface area contributed by atoms with Crippen LogP contribution in [0.3, 0.4) is 0 Å². The highest BCUT2D eigenvalue weighted by atomic mass is 19.4. The molecule has 0 fully saturated rings. The van der Waals surface area contributed by atoms with Gasteiger partial charge in [0, 0.05) is 0 Å². The van der Waals surface area contributed by atoms with Crippen molar-refractivity contribution >= 4 is 5.97 Å². The van der Waals surface area contributed by atoms with E-state index >= 15 is 0 Å². The smallest absolute Gasteiger partial charge is 0.402 e. The Morgan fingerprint density at radius 1 is 0.900 bits per heavy atom. The summed E-state index contributed by atoms with van der Waals surface area (Å²) < 4.78 is 78.1. The maximum Gasteiger partial charge on any atom is 0.402 e. The number of benzene rings is 1. The van der Waals surface area contributed by atoms with Gasteiger partial charge in [0.2, 0.25) is 0 Å². The molecular formula is C21H32F6O3. The molecule has 0 aliphatic carbocycles. The Bertz CT molecular complexity index is 568. The molecule has 0 radical (unpaired) electrons. The number of alkyl halides is 6. The molecule has 0 saturated heterocycles. The van der Waals surface area contributed by atoms with E-state index in [0.29, 0.717) is 5.56 Å². The number of carbonyl (C=O) groups is 1. The molecule has 0 spiro atoms. The number of ether oxygens (including phenoxy) is 1. The van der Waals surface area contributed by atoms with E-state index in [1.807, 2.05) is 13.8 Å². The second-order valence-corrected chi connectivity index (χ2v) is 6.93. The van der Waals surface area contributed by atoms with Crippen molar-refractivity contribution < 1.29 is 41.0 Å². The van der Waals surface area contributed by atoms with Gasteiger partial charge in [0.1, 0.15) is 6.61 Å². The van der Waals surface area contributed by atoms with Gasteiger partial charge in [-0.05, 0) is 17.4 Å². The van der Waals surface area contributed by atoms with Crippen LogP contribution in [0.15, 0.2) is 30.3 Å². The molecule has 1 aromatic rings. The zero-order valence-corrected chi connectivity index (χ0v) is 18.1. The number of carbonyl (C=O) groups excluding carboxylic acids is 1. The summed E-state index contributed by atoms with van der Waals surface area (Å²) in [5, 5.41) is 8.31. The summed E-state index contributed by atoms with van der Waals surface area (Å²) in [6.45, 7) is 8.62. The van der Waals surface area contributed by atoms with Crippen LogP contribution in [0.2, 0.25) is 0 Å². The number of rotatable bonds is 6. The van der Waals surface area contributed by atoms with Crippen LogP contribution in [-0.2, 0) is 16.1 Å². The average Bonchev–Trinajstić information content (AvgIpc) is 2.60. The van der Waals surface area contributed by atoms with Crippen LogP contribution < -0.4 is 0 Å². The first-order chi connectivity index (χ1) is 13.7. The summed E-state index contributed by atoms with van der Waals surface area (Å²) in [5.41, 5.74) is 0.663. The van der Waals surface area contributed by atoms with Crippen molar-refractivity contribution in [1.29, 1.82) is 0 Å². The van der Waals surface area contributed by atoms with Gasteiger partial charge in [0.15, 0.2) is 5.92 Å². The van der Waals surface area contributed by atoms with Crippen LogP contribution in [0, 0.1) is 23.7 Å². The fourth-order valence-corrected chi connectivity index (χ4v) is 2.29. The van der Waals surface area contributed by atoms with Gasteiger partial charge < -0.3 is 9.84 Å². The van der Waals surface area contributed by atoms with E-state index in [2.05, 4.69) is 0 Å². The lowest BCUT2D eigenvalue weighted by Crippen LogP contribution is -2.36. The normalized spacial score (nSPS) is 13.6. The Balaban J connectivity index is 0. The Hall–Kier alpha value is -1.77. The predicted molar refractivity (Wildman–Crippen MR) is 103 cm³/mol. The van der Waals surface area contributed by atoms with E-state index in [-0.39, 0.29) is 6.61 Å². The number of halogens is 6. The maximum absolute atomic E-state index is 12.6. The zero-order chi connectivity index (χ0) is 24.1. The second-order valence-electron chi connectivity index (χ2n) is 6.93. The molecule has 0 saturated carbocycles. The quantitative estimate of drug-likeness (QED) is 0.406. The Morgan fingerprint density at radius 2 is 1.37 bits per heavy atom. The highest BCUT2D eigenvalue weighted by Crippen LogP contribution is 2.33. The molecule has 0 aromatic heterocycles. The zero-order valence-electron chi connectivity index (χ0n) is 18.1. The molecule has 1 rings (SSSR count). The Morgan fingerprint density at radius 3 is 1.63 bits per heavy atom. The highest BCUT2D eigenvalue weighted by molar-refractivity contribution is 5.73. The molecule has 1 N–H and O–H groups in total. The number of esters is 1. The van der Waals surface area contributed by atoms with Crippen molar-refractivity contribution in [1.82, 2.24) is 0 Å². The van der Waals surface area contributed by atoms with Crippen molar-refractivity contribution in [3.63, 3.8) is 0 Å². The lowest BCUT2D eigenvalue weighted by Gasteiger charge is -2.21. The molecule has 1 aromatic carbocycles. The van der Waals surface area contributed by atoms with Crippen LogP contribution in [0.25, 0.3) is 0 Å². The van der Waals surface area contributed by atoms with E-state index in [1.165, 1.54) is 27.7 Å². The predicted octanol–water partition coefficient (Wildman–Crippen LogP) is 6.40. The van der Waals surface area contributed by atoms with Crippen LogP contribution in [-0.4, -0.2) is 30.0 Å². The van der Waals surface area contributed by atoms with Gasteiger partial charge in [-0.15, -0.1) is 0 Å². The summed E-state index contributed by atoms with van der Waals surface area (Å²) in [7, 11) is 0. The van der Waals surface area contributed by atoms with Gasteiger partial charge in [0.05, 0.1) is 12.5 Å². The van der Waals surface area contributed by atoms with Gasteiger partial charge in [-0.1, -0.05) is 71.9 Å². The molecule has 0 bridgehead atoms. The SMILES string of the molecule is CC.CC(C)C(C(=O)OCc1ccccc1)C(F)(F)F.CC(C)C(CO)C(F)(F)F. The number of aliphatic hydroxyl groups is 1. The van der Waals surface area contributed by atoms with E-state index in [4.69, 9.17) is 9.84 Å². The summed E-state index contributed by atoms with van der Waals surface area (Å²) in [4.78, 5) is 11.5. The van der Waals surface area contributed by atoms with Crippen LogP contribution in [0.5, 0.6) is 0 Å². The van der Waals surface area contributed by atoms with E-state index in [9.17, 15) is 31.1 Å². The Labute approximate surface area is 174 Å². The second kappa shape index (κ2) is 14.3. The number of aliphatic hydroxyl groups excluding tert-OH is 1. The van der Waals surface area contributed by atoms with Gasteiger partial charge in [0.25, 0.3) is 0 Å². The fraction of sp³-hybridized carbons (Fsp3) is 0.667. The van der Waals surface area contributed by atoms with Crippen molar-refractivity contribution in [2.24, 2.45) is 23.7 Å². The van der Waals surface area contributed by atoms with Gasteiger partial charge in [-0.2, -0.15) is 26.3 Å². The van der Waals surface area contributed by atoms with E-state index in [1.54, 1.807) is 30.3 Å². The van der Waals surface area contributed by atoms with Gasteiger partial charge in [-0.3, -0.25) is 4.79 Å². The van der Waals surface area contributed by atoms with Crippen molar-refractivity contribution in [3.8, 4) is 0 Å². The molecule has 0 amide bonds. The highest BCUT2D eigenvalue weighted by Gasteiger charge is 2.47. The molecule has 0 aliphatic rings. The first-order valence-corrected chi connectivity index (χ1v) is 9.66. The lowest BCUT2D eigenvalue weighted by atomic mass is 9.95. The lowest BCUT2D eigenvalue weighted by molar-refractivity contribution is -0.206. The molecule has 0 aliphatic heterocycles. The third-order valence-electron chi connectivity index (χ3n) is 3.92. The minimum absolute atomic E-state index is 0.140. The molecular weight excluding hydrogens is 414 g/mol.